The quantitative estimate of drug-likeness (QED) is 0.490. The minimum Gasteiger partial charge on any atom is -0.493 e. The number of rotatable bonds is 9. The van der Waals surface area contributed by atoms with Crippen LogP contribution >= 0.6 is 0 Å². The Labute approximate surface area is 194 Å². The molecule has 180 valence electrons. The second kappa shape index (κ2) is 11.5. The molecule has 2 aromatic rings. The van der Waals surface area contributed by atoms with Gasteiger partial charge >= 0.3 is 6.18 Å². The van der Waals surface area contributed by atoms with Gasteiger partial charge in [-0.3, -0.25) is 9.69 Å². The average Bonchev–Trinajstić information content (AvgIpc) is 2.77. The van der Waals surface area contributed by atoms with Crippen LogP contribution in [0.4, 0.5) is 13.2 Å². The molecule has 1 amide bonds. The van der Waals surface area contributed by atoms with Crippen LogP contribution in [0.2, 0.25) is 0 Å². The highest BCUT2D eigenvalue weighted by Crippen LogP contribution is 2.29. The molecule has 33 heavy (non-hydrogen) atoms. The molecule has 0 aromatic heterocycles. The summed E-state index contributed by atoms with van der Waals surface area (Å²) < 4.78 is 43.9. The van der Waals surface area contributed by atoms with E-state index in [0.29, 0.717) is 19.6 Å². The lowest BCUT2D eigenvalue weighted by molar-refractivity contribution is -0.137. The molecule has 0 atom stereocenters. The zero-order valence-electron chi connectivity index (χ0n) is 19.4. The van der Waals surface area contributed by atoms with Crippen LogP contribution in [0.25, 0.3) is 0 Å². The van der Waals surface area contributed by atoms with Gasteiger partial charge in [0.1, 0.15) is 5.75 Å². The van der Waals surface area contributed by atoms with Gasteiger partial charge in [-0.2, -0.15) is 13.2 Å². The fourth-order valence-electron chi connectivity index (χ4n) is 4.03. The van der Waals surface area contributed by atoms with Crippen molar-refractivity contribution in [2.75, 3.05) is 19.7 Å². The molecule has 0 spiro atoms. The molecule has 7 heteroatoms. The van der Waals surface area contributed by atoms with E-state index in [2.05, 4.69) is 16.3 Å². The monoisotopic (exact) mass is 462 g/mol. The van der Waals surface area contributed by atoms with E-state index < -0.39 is 11.7 Å². The highest BCUT2D eigenvalue weighted by molar-refractivity contribution is 5.76. The number of aryl methyl sites for hydroxylation is 2. The highest BCUT2D eigenvalue weighted by Gasteiger charge is 2.30. The van der Waals surface area contributed by atoms with Crippen molar-refractivity contribution in [3.63, 3.8) is 0 Å². The number of benzene rings is 2. The van der Waals surface area contributed by atoms with Gasteiger partial charge < -0.3 is 10.1 Å². The first-order valence-corrected chi connectivity index (χ1v) is 11.6. The minimum absolute atomic E-state index is 0.0722. The summed E-state index contributed by atoms with van der Waals surface area (Å²) in [5.74, 6) is 0.977. The summed E-state index contributed by atoms with van der Waals surface area (Å²) in [7, 11) is 0. The summed E-state index contributed by atoms with van der Waals surface area (Å²) in [6.45, 7) is 6.91. The summed E-state index contributed by atoms with van der Waals surface area (Å²) in [6.07, 6.45) is -0.510. The number of unbranched alkanes of at least 4 members (excludes halogenated alkanes) is 1. The number of nitrogens with one attached hydrogen (secondary N) is 1. The molecular formula is C26H33F3N2O2. The zero-order valence-corrected chi connectivity index (χ0v) is 19.4. The van der Waals surface area contributed by atoms with Gasteiger partial charge in [-0.25, -0.2) is 0 Å². The molecule has 1 aliphatic heterocycles. The van der Waals surface area contributed by atoms with E-state index in [1.807, 2.05) is 26.0 Å². The second-order valence-electron chi connectivity index (χ2n) is 8.89. The third-order valence-corrected chi connectivity index (χ3v) is 6.04. The predicted octanol–water partition coefficient (Wildman–Crippen LogP) is 5.65. The van der Waals surface area contributed by atoms with Gasteiger partial charge in [0.2, 0.25) is 5.91 Å². The van der Waals surface area contributed by atoms with Gasteiger partial charge in [0.05, 0.1) is 12.2 Å². The van der Waals surface area contributed by atoms with Crippen LogP contribution in [0.3, 0.4) is 0 Å². The molecule has 2 aromatic carbocycles. The first-order chi connectivity index (χ1) is 15.7. The predicted molar refractivity (Wildman–Crippen MR) is 123 cm³/mol. The van der Waals surface area contributed by atoms with Crippen LogP contribution in [0.1, 0.15) is 54.4 Å². The Hall–Kier alpha value is -2.54. The summed E-state index contributed by atoms with van der Waals surface area (Å²) in [6, 6.07) is 11.7. The normalized spacial score (nSPS) is 15.4. The van der Waals surface area contributed by atoms with E-state index in [4.69, 9.17) is 4.74 Å². The zero-order chi connectivity index (χ0) is 23.8. The number of amides is 1. The van der Waals surface area contributed by atoms with Crippen LogP contribution in [-0.2, 0) is 17.5 Å². The van der Waals surface area contributed by atoms with Gasteiger partial charge in [-0.05, 0) is 74.4 Å². The fraction of sp³-hybridized carbons (Fsp3) is 0.500. The lowest BCUT2D eigenvalue weighted by atomic mass is 10.0. The highest BCUT2D eigenvalue weighted by atomic mass is 19.4. The SMILES string of the molecule is Cc1ccc(C)c(OCCCCC(=O)NC2CCN(Cc3ccc(C(F)(F)F)cc3)CC2)c1. The molecule has 0 saturated carbocycles. The van der Waals surface area contributed by atoms with E-state index in [9.17, 15) is 18.0 Å². The number of halogens is 3. The van der Waals surface area contributed by atoms with Crippen molar-refractivity contribution in [2.45, 2.75) is 64.7 Å². The largest absolute Gasteiger partial charge is 0.493 e. The first-order valence-electron chi connectivity index (χ1n) is 11.6. The number of alkyl halides is 3. The van der Waals surface area contributed by atoms with E-state index in [-0.39, 0.29) is 11.9 Å². The third kappa shape index (κ3) is 8.07. The third-order valence-electron chi connectivity index (χ3n) is 6.04. The Morgan fingerprint density at radius 2 is 1.76 bits per heavy atom. The number of hydrogen-bond acceptors (Lipinski definition) is 3. The molecule has 0 radical (unpaired) electrons. The molecule has 1 fully saturated rings. The Balaban J connectivity index is 1.29. The molecule has 0 bridgehead atoms. The van der Waals surface area contributed by atoms with Gasteiger partial charge in [0, 0.05) is 32.1 Å². The van der Waals surface area contributed by atoms with Crippen LogP contribution < -0.4 is 10.1 Å². The number of carbonyl (C=O) groups is 1. The molecule has 1 aliphatic rings. The number of likely N-dealkylation sites (tertiary alicyclic amines) is 1. The second-order valence-corrected chi connectivity index (χ2v) is 8.89. The Morgan fingerprint density at radius 1 is 1.06 bits per heavy atom. The number of hydrogen-bond donors (Lipinski definition) is 1. The van der Waals surface area contributed by atoms with E-state index >= 15 is 0 Å². The van der Waals surface area contributed by atoms with E-state index in [0.717, 1.165) is 67.8 Å². The Kier molecular flexibility index (Phi) is 8.78. The summed E-state index contributed by atoms with van der Waals surface area (Å²) in [4.78, 5) is 14.5. The van der Waals surface area contributed by atoms with Crippen LogP contribution in [0, 0.1) is 13.8 Å². The molecule has 4 nitrogen and oxygen atoms in total. The van der Waals surface area contributed by atoms with Crippen molar-refractivity contribution < 1.29 is 22.7 Å². The first kappa shape index (κ1) is 25.1. The lowest BCUT2D eigenvalue weighted by Crippen LogP contribution is -2.44. The summed E-state index contributed by atoms with van der Waals surface area (Å²) in [5.41, 5.74) is 2.53. The minimum atomic E-state index is -4.30. The van der Waals surface area contributed by atoms with Gasteiger partial charge in [-0.1, -0.05) is 24.3 Å². The Bertz CT molecular complexity index is 905. The standard InChI is InChI=1S/C26H33F3N2O2/c1-19-6-7-20(2)24(17-19)33-16-4-3-5-25(32)30-23-12-14-31(15-13-23)18-21-8-10-22(11-9-21)26(27,28)29/h6-11,17,23H,3-5,12-16,18H2,1-2H3,(H,30,32). The summed E-state index contributed by atoms with van der Waals surface area (Å²) in [5, 5.41) is 3.12. The molecule has 1 N–H and O–H groups in total. The van der Waals surface area contributed by atoms with Gasteiger partial charge in [0.15, 0.2) is 0 Å². The average molecular weight is 463 g/mol. The van der Waals surface area contributed by atoms with Crippen molar-refractivity contribution in [2.24, 2.45) is 0 Å². The number of nitrogens with zero attached hydrogens (tertiary/aromatic N) is 1. The van der Waals surface area contributed by atoms with E-state index in [1.165, 1.54) is 5.56 Å². The maximum Gasteiger partial charge on any atom is 0.416 e. The molecule has 1 saturated heterocycles. The summed E-state index contributed by atoms with van der Waals surface area (Å²) >= 11 is 0. The van der Waals surface area contributed by atoms with E-state index in [1.54, 1.807) is 12.1 Å². The van der Waals surface area contributed by atoms with Crippen LogP contribution in [0.5, 0.6) is 5.75 Å². The van der Waals surface area contributed by atoms with Crippen molar-refractivity contribution in [3.05, 3.63) is 64.7 Å². The van der Waals surface area contributed by atoms with Crippen molar-refractivity contribution in [3.8, 4) is 5.75 Å². The van der Waals surface area contributed by atoms with Crippen LogP contribution in [-0.4, -0.2) is 36.5 Å². The maximum atomic E-state index is 12.7. The molecule has 1 heterocycles. The smallest absolute Gasteiger partial charge is 0.416 e. The number of piperidine rings is 1. The topological polar surface area (TPSA) is 41.6 Å². The molecule has 3 rings (SSSR count). The van der Waals surface area contributed by atoms with Crippen LogP contribution in [0.15, 0.2) is 42.5 Å². The van der Waals surface area contributed by atoms with Crippen molar-refractivity contribution in [1.82, 2.24) is 10.2 Å². The molecule has 0 unspecified atom stereocenters. The maximum absolute atomic E-state index is 12.7. The lowest BCUT2D eigenvalue weighted by Gasteiger charge is -2.32. The van der Waals surface area contributed by atoms with Crippen molar-refractivity contribution >= 4 is 5.91 Å². The fourth-order valence-corrected chi connectivity index (χ4v) is 4.03. The molecular weight excluding hydrogens is 429 g/mol. The van der Waals surface area contributed by atoms with Gasteiger partial charge in [-0.15, -0.1) is 0 Å². The van der Waals surface area contributed by atoms with Gasteiger partial charge in [0.25, 0.3) is 0 Å². The number of carbonyl (C=O) groups excluding carboxylic acids is 1. The van der Waals surface area contributed by atoms with Crippen molar-refractivity contribution in [1.29, 1.82) is 0 Å². The Morgan fingerprint density at radius 3 is 2.42 bits per heavy atom. The molecule has 0 aliphatic carbocycles. The number of ether oxygens (including phenoxy) is 1.